The molecule has 3 nitrogen and oxygen atoms in total. The van der Waals surface area contributed by atoms with E-state index in [1.54, 1.807) is 0 Å². The third-order valence-electron chi connectivity index (χ3n) is 9.87. The molecule has 0 saturated heterocycles. The Balaban J connectivity index is 1.56. The topological polar surface area (TPSA) is 46.5 Å². The van der Waals surface area contributed by atoms with Gasteiger partial charge >= 0.3 is 0 Å². The van der Waals surface area contributed by atoms with Crippen LogP contribution < -0.4 is 4.43 Å². The minimum atomic E-state index is -1.83. The molecule has 1 N–H and O–H groups in total. The molecule has 1 aromatic carbocycles. The highest BCUT2D eigenvalue weighted by Gasteiger charge is 2.61. The monoisotopic (exact) mass is 442 g/mol. The number of carbonyl (C=O) groups excluding carboxylic acids is 1. The van der Waals surface area contributed by atoms with Crippen molar-refractivity contribution < 1.29 is 14.3 Å². The van der Waals surface area contributed by atoms with E-state index in [0.29, 0.717) is 30.6 Å². The van der Waals surface area contributed by atoms with Gasteiger partial charge in [0.2, 0.25) is 8.32 Å². The van der Waals surface area contributed by atoms with Gasteiger partial charge in [0.1, 0.15) is 12.0 Å². The number of carbonyl (C=O) groups is 1. The van der Waals surface area contributed by atoms with Crippen LogP contribution in [0.15, 0.2) is 18.2 Å². The summed E-state index contributed by atoms with van der Waals surface area (Å²) in [6.45, 7) is 13.8. The Hall–Kier alpha value is -1.13. The van der Waals surface area contributed by atoms with Gasteiger partial charge in [0.25, 0.3) is 0 Å². The minimum Gasteiger partial charge on any atom is -0.543 e. The number of aliphatic hydroxyl groups is 1. The lowest BCUT2D eigenvalue weighted by Crippen LogP contribution is -2.50. The Morgan fingerprint density at radius 3 is 2.61 bits per heavy atom. The summed E-state index contributed by atoms with van der Waals surface area (Å²) in [6, 6.07) is 6.89. The Morgan fingerprint density at radius 1 is 1.19 bits per heavy atom. The first-order valence-electron chi connectivity index (χ1n) is 12.4. The van der Waals surface area contributed by atoms with E-state index in [9.17, 15) is 9.90 Å². The molecule has 0 bridgehead atoms. The van der Waals surface area contributed by atoms with Crippen molar-refractivity contribution in [3.05, 3.63) is 29.3 Å². The van der Waals surface area contributed by atoms with Crippen LogP contribution in [0.1, 0.15) is 89.7 Å². The highest BCUT2D eigenvalue weighted by Crippen LogP contribution is 2.65. The molecule has 5 atom stereocenters. The predicted octanol–water partition coefficient (Wildman–Crippen LogP) is 6.64. The van der Waals surface area contributed by atoms with Crippen LogP contribution in [0.25, 0.3) is 0 Å². The van der Waals surface area contributed by atoms with Gasteiger partial charge in [0.15, 0.2) is 0 Å². The number of benzene rings is 1. The van der Waals surface area contributed by atoms with Crippen molar-refractivity contribution in [1.82, 2.24) is 0 Å². The van der Waals surface area contributed by atoms with Crippen molar-refractivity contribution >= 4 is 14.6 Å². The van der Waals surface area contributed by atoms with Gasteiger partial charge in [-0.2, -0.15) is 0 Å². The lowest BCUT2D eigenvalue weighted by Gasteiger charge is -2.53. The van der Waals surface area contributed by atoms with Crippen LogP contribution in [0.3, 0.4) is 0 Å². The Morgan fingerprint density at radius 2 is 1.94 bits per heavy atom. The van der Waals surface area contributed by atoms with E-state index in [1.165, 1.54) is 17.5 Å². The molecule has 2 fully saturated rings. The molecule has 1 aromatic rings. The second-order valence-electron chi connectivity index (χ2n) is 12.4. The van der Waals surface area contributed by atoms with E-state index in [0.717, 1.165) is 44.1 Å². The fourth-order valence-corrected chi connectivity index (χ4v) is 7.91. The third-order valence-corrected chi connectivity index (χ3v) is 14.2. The Kier molecular flexibility index (Phi) is 5.74. The van der Waals surface area contributed by atoms with Crippen LogP contribution in [-0.2, 0) is 11.2 Å². The zero-order valence-electron chi connectivity index (χ0n) is 20.5. The molecular weight excluding hydrogens is 400 g/mol. The molecule has 0 heterocycles. The Bertz CT molecular complexity index is 841. The van der Waals surface area contributed by atoms with Gasteiger partial charge in [-0.25, -0.2) is 0 Å². The first-order chi connectivity index (χ1) is 14.4. The normalized spacial score (nSPS) is 35.1. The molecule has 0 amide bonds. The lowest BCUT2D eigenvalue weighted by molar-refractivity contribution is -0.119. The van der Waals surface area contributed by atoms with Crippen molar-refractivity contribution in [1.29, 1.82) is 0 Å². The maximum atomic E-state index is 11.5. The molecular formula is C27H42O3Si. The zero-order valence-corrected chi connectivity index (χ0v) is 21.5. The van der Waals surface area contributed by atoms with Crippen molar-refractivity contribution in [3.8, 4) is 5.75 Å². The van der Waals surface area contributed by atoms with Crippen LogP contribution in [0.4, 0.5) is 0 Å². The van der Waals surface area contributed by atoms with Crippen LogP contribution in [-0.4, -0.2) is 25.3 Å². The van der Waals surface area contributed by atoms with Gasteiger partial charge in [0, 0.05) is 6.42 Å². The first-order valence-corrected chi connectivity index (χ1v) is 15.3. The van der Waals surface area contributed by atoms with Crippen LogP contribution >= 0.6 is 0 Å². The molecule has 0 aromatic heterocycles. The third kappa shape index (κ3) is 3.72. The molecule has 0 spiro atoms. The predicted molar refractivity (Wildman–Crippen MR) is 129 cm³/mol. The fraction of sp³-hybridized carbons (Fsp3) is 0.741. The van der Waals surface area contributed by atoms with Gasteiger partial charge in [-0.3, -0.25) is 0 Å². The van der Waals surface area contributed by atoms with E-state index in [-0.39, 0.29) is 10.5 Å². The maximum absolute atomic E-state index is 11.5. The van der Waals surface area contributed by atoms with E-state index >= 15 is 0 Å². The summed E-state index contributed by atoms with van der Waals surface area (Å²) in [6.07, 6.45) is 8.59. The quantitative estimate of drug-likeness (QED) is 0.411. The van der Waals surface area contributed by atoms with Gasteiger partial charge in [-0.1, -0.05) is 33.8 Å². The molecule has 0 radical (unpaired) electrons. The molecule has 172 valence electrons. The summed E-state index contributed by atoms with van der Waals surface area (Å²) >= 11 is 0. The fourth-order valence-electron chi connectivity index (χ4n) is 6.89. The highest BCUT2D eigenvalue weighted by atomic mass is 28.4. The molecule has 3 aliphatic carbocycles. The second-order valence-corrected chi connectivity index (χ2v) is 17.1. The van der Waals surface area contributed by atoms with E-state index in [2.05, 4.69) is 59.0 Å². The molecule has 2 saturated carbocycles. The number of aldehydes is 1. The summed E-state index contributed by atoms with van der Waals surface area (Å²) in [5.74, 6) is 2.88. The van der Waals surface area contributed by atoms with Gasteiger partial charge < -0.3 is 14.3 Å². The Labute approximate surface area is 190 Å². The molecule has 4 heteroatoms. The average Bonchev–Trinajstić information content (AvgIpc) is 2.96. The van der Waals surface area contributed by atoms with Crippen molar-refractivity contribution in [2.24, 2.45) is 17.3 Å². The summed E-state index contributed by atoms with van der Waals surface area (Å²) in [4.78, 5) is 11.0. The number of fused-ring (bicyclic) bond motifs is 5. The smallest absolute Gasteiger partial charge is 0.250 e. The first kappa shape index (κ1) is 23.0. The summed E-state index contributed by atoms with van der Waals surface area (Å²) in [7, 11) is -1.83. The van der Waals surface area contributed by atoms with E-state index in [1.807, 2.05) is 0 Å². The summed E-state index contributed by atoms with van der Waals surface area (Å²) < 4.78 is 6.60. The highest BCUT2D eigenvalue weighted by molar-refractivity contribution is 6.74. The molecule has 3 unspecified atom stereocenters. The van der Waals surface area contributed by atoms with Gasteiger partial charge in [0.05, 0.1) is 5.60 Å². The average molecular weight is 443 g/mol. The molecule has 31 heavy (non-hydrogen) atoms. The van der Waals surface area contributed by atoms with Crippen LogP contribution in [0.5, 0.6) is 5.75 Å². The summed E-state index contributed by atoms with van der Waals surface area (Å²) in [5, 5.41) is 11.7. The van der Waals surface area contributed by atoms with Gasteiger partial charge in [-0.05, 0) is 110 Å². The van der Waals surface area contributed by atoms with Crippen molar-refractivity contribution in [2.75, 3.05) is 0 Å². The van der Waals surface area contributed by atoms with E-state index in [4.69, 9.17) is 4.43 Å². The number of hydrogen-bond donors (Lipinski definition) is 1. The SMILES string of the molecule is CC(C)(C)[Si](C)(C)Oc1ccc2c(c1)CCC1C2CC[C@@]2(C)C1CC[C@@]2(O)CCC=O. The minimum absolute atomic E-state index is 0.0416. The van der Waals surface area contributed by atoms with Crippen LogP contribution in [0, 0.1) is 17.3 Å². The number of rotatable bonds is 5. The second kappa shape index (κ2) is 7.73. The molecule has 0 aliphatic heterocycles. The largest absolute Gasteiger partial charge is 0.543 e. The van der Waals surface area contributed by atoms with Crippen LogP contribution in [0.2, 0.25) is 18.1 Å². The van der Waals surface area contributed by atoms with Crippen molar-refractivity contribution in [3.63, 3.8) is 0 Å². The lowest BCUT2D eigenvalue weighted by atomic mass is 9.53. The molecule has 4 rings (SSSR count). The molecule has 3 aliphatic rings. The summed E-state index contributed by atoms with van der Waals surface area (Å²) in [5.41, 5.74) is 2.31. The van der Waals surface area contributed by atoms with E-state index < -0.39 is 13.9 Å². The standard InChI is InChI=1S/C27H42O3Si/c1-25(2,3)31(5,6)30-20-9-11-21-19(18-20)8-10-23-22(21)12-15-26(4)24(23)13-16-27(26,29)14-7-17-28/h9,11,17-18,22-24,29H,7-8,10,12-16H2,1-6H3/t22?,23?,24?,26-,27-/m0/s1. The zero-order chi connectivity index (χ0) is 22.7. The van der Waals surface area contributed by atoms with Gasteiger partial charge in [-0.15, -0.1) is 0 Å². The number of hydrogen-bond acceptors (Lipinski definition) is 3. The van der Waals surface area contributed by atoms with Crippen molar-refractivity contribution in [2.45, 2.75) is 109 Å². The number of aryl methyl sites for hydroxylation is 1. The maximum Gasteiger partial charge on any atom is 0.250 e.